The van der Waals surface area contributed by atoms with Crippen LogP contribution in [0.4, 0.5) is 5.69 Å². The van der Waals surface area contributed by atoms with Crippen LogP contribution >= 0.6 is 23.9 Å². The average molecular weight is 488 g/mol. The summed E-state index contributed by atoms with van der Waals surface area (Å²) in [7, 11) is 0. The number of thiocarbonyl (C=S) groups is 1. The Morgan fingerprint density at radius 2 is 1.71 bits per heavy atom. The molecule has 7 nitrogen and oxygen atoms in total. The summed E-state index contributed by atoms with van der Waals surface area (Å²) in [5, 5.41) is 5.91. The number of hydrogen-bond acceptors (Lipinski definition) is 7. The van der Waals surface area contributed by atoms with Crippen molar-refractivity contribution < 1.29 is 9.21 Å². The lowest BCUT2D eigenvalue weighted by atomic mass is 9.87. The van der Waals surface area contributed by atoms with Crippen LogP contribution in [0.5, 0.6) is 0 Å². The van der Waals surface area contributed by atoms with Gasteiger partial charge in [0.25, 0.3) is 5.91 Å². The van der Waals surface area contributed by atoms with Crippen molar-refractivity contribution in [3.8, 4) is 11.5 Å². The zero-order chi connectivity index (χ0) is 23.9. The van der Waals surface area contributed by atoms with E-state index in [0.717, 1.165) is 22.8 Å². The van der Waals surface area contributed by atoms with E-state index in [4.69, 9.17) is 16.6 Å². The van der Waals surface area contributed by atoms with Gasteiger partial charge in [-0.25, -0.2) is 4.98 Å². The number of carbonyl (C=O) groups is 1. The van der Waals surface area contributed by atoms with Gasteiger partial charge < -0.3 is 9.73 Å². The normalized spacial score (nSPS) is 11.6. The molecule has 170 valence electrons. The Balaban J connectivity index is 1.29. The van der Waals surface area contributed by atoms with Crippen LogP contribution in [0.1, 0.15) is 36.7 Å². The number of hydrogen-bond donors (Lipinski definition) is 2. The van der Waals surface area contributed by atoms with Crippen molar-refractivity contribution >= 4 is 62.8 Å². The number of nitrogens with zero attached hydrogens (tertiary/aromatic N) is 3. The van der Waals surface area contributed by atoms with E-state index in [1.54, 1.807) is 18.2 Å². The zero-order valence-electron chi connectivity index (χ0n) is 18.7. The summed E-state index contributed by atoms with van der Waals surface area (Å²) in [6.45, 7) is 6.54. The average Bonchev–Trinajstić information content (AvgIpc) is 3.44. The molecule has 0 aliphatic rings. The standard InChI is InChI=1S/C25H21N5O2S2/c1-25(2,3)16-7-4-14(5-8-16)23-27-20-13-17(9-11-21(20)32-23)26-24(33)28-22(31)15-6-10-18-19(12-15)30-34-29-18/h4-13H,1-3H3,(H2,26,28,31,33). The minimum absolute atomic E-state index is 0.0823. The quantitative estimate of drug-likeness (QED) is 0.305. The van der Waals surface area contributed by atoms with E-state index in [9.17, 15) is 4.79 Å². The van der Waals surface area contributed by atoms with Gasteiger partial charge >= 0.3 is 0 Å². The molecule has 0 atom stereocenters. The number of carbonyl (C=O) groups excluding carboxylic acids is 1. The van der Waals surface area contributed by atoms with E-state index in [1.807, 2.05) is 30.3 Å². The first kappa shape index (κ1) is 22.1. The van der Waals surface area contributed by atoms with Crippen LogP contribution in [-0.4, -0.2) is 24.8 Å². The largest absolute Gasteiger partial charge is 0.436 e. The molecule has 0 spiro atoms. The first-order chi connectivity index (χ1) is 16.3. The fourth-order valence-corrected chi connectivity index (χ4v) is 4.23. The number of aromatic nitrogens is 3. The molecule has 0 saturated heterocycles. The molecule has 2 N–H and O–H groups in total. The van der Waals surface area contributed by atoms with Gasteiger partial charge in [0.1, 0.15) is 16.6 Å². The maximum absolute atomic E-state index is 12.6. The van der Waals surface area contributed by atoms with Crippen LogP contribution < -0.4 is 10.6 Å². The summed E-state index contributed by atoms with van der Waals surface area (Å²) in [4.78, 5) is 17.2. The molecule has 0 fully saturated rings. The highest BCUT2D eigenvalue weighted by atomic mass is 32.1. The first-order valence-electron chi connectivity index (χ1n) is 10.6. The molecule has 5 rings (SSSR count). The van der Waals surface area contributed by atoms with Gasteiger partial charge in [0.2, 0.25) is 5.89 Å². The van der Waals surface area contributed by atoms with Gasteiger partial charge in [0.15, 0.2) is 10.7 Å². The third-order valence-corrected chi connectivity index (χ3v) is 6.15. The Morgan fingerprint density at radius 3 is 2.47 bits per heavy atom. The Morgan fingerprint density at radius 1 is 0.941 bits per heavy atom. The van der Waals surface area contributed by atoms with Crippen LogP contribution in [0, 0.1) is 0 Å². The summed E-state index contributed by atoms with van der Waals surface area (Å²) in [5.74, 6) is 0.228. The Labute approximate surface area is 205 Å². The SMILES string of the molecule is CC(C)(C)c1ccc(-c2nc3cc(NC(=S)NC(=O)c4ccc5nsnc5c4)ccc3o2)cc1. The fourth-order valence-electron chi connectivity index (χ4n) is 3.50. The molecule has 2 heterocycles. The summed E-state index contributed by atoms with van der Waals surface area (Å²) >= 11 is 6.43. The molecular formula is C25H21N5O2S2. The zero-order valence-corrected chi connectivity index (χ0v) is 20.4. The summed E-state index contributed by atoms with van der Waals surface area (Å²) in [6, 6.07) is 18.9. The van der Waals surface area contributed by atoms with Gasteiger partial charge in [-0.05, 0) is 71.7 Å². The molecule has 0 radical (unpaired) electrons. The van der Waals surface area contributed by atoms with Crippen molar-refractivity contribution in [3.63, 3.8) is 0 Å². The Bertz CT molecular complexity index is 1530. The van der Waals surface area contributed by atoms with Crippen molar-refractivity contribution in [2.75, 3.05) is 5.32 Å². The number of rotatable bonds is 3. The molecule has 0 unspecified atom stereocenters. The highest BCUT2D eigenvalue weighted by Crippen LogP contribution is 2.29. The molecule has 2 aromatic heterocycles. The van der Waals surface area contributed by atoms with Crippen molar-refractivity contribution in [2.24, 2.45) is 0 Å². The summed E-state index contributed by atoms with van der Waals surface area (Å²) in [5.41, 5.74) is 6.18. The van der Waals surface area contributed by atoms with E-state index < -0.39 is 0 Å². The molecule has 5 aromatic rings. The topological polar surface area (TPSA) is 92.9 Å². The molecule has 0 aliphatic heterocycles. The van der Waals surface area contributed by atoms with E-state index in [0.29, 0.717) is 33.8 Å². The predicted molar refractivity (Wildman–Crippen MR) is 139 cm³/mol. The van der Waals surface area contributed by atoms with Crippen molar-refractivity contribution in [3.05, 3.63) is 71.8 Å². The van der Waals surface area contributed by atoms with Crippen molar-refractivity contribution in [1.29, 1.82) is 0 Å². The lowest BCUT2D eigenvalue weighted by Crippen LogP contribution is -2.34. The van der Waals surface area contributed by atoms with Gasteiger partial charge in [-0.1, -0.05) is 32.9 Å². The van der Waals surface area contributed by atoms with Gasteiger partial charge in [0.05, 0.1) is 11.7 Å². The second-order valence-corrected chi connectivity index (χ2v) is 9.84. The Hall–Kier alpha value is -3.69. The highest BCUT2D eigenvalue weighted by molar-refractivity contribution is 7.80. The number of oxazole rings is 1. The number of nitrogens with one attached hydrogen (secondary N) is 2. The van der Waals surface area contributed by atoms with Crippen molar-refractivity contribution in [2.45, 2.75) is 26.2 Å². The first-order valence-corrected chi connectivity index (χ1v) is 11.8. The number of anilines is 1. The third-order valence-electron chi connectivity index (χ3n) is 5.39. The van der Waals surface area contributed by atoms with Gasteiger partial charge in [-0.15, -0.1) is 0 Å². The van der Waals surface area contributed by atoms with Crippen molar-refractivity contribution in [1.82, 2.24) is 19.0 Å². The highest BCUT2D eigenvalue weighted by Gasteiger charge is 2.15. The van der Waals surface area contributed by atoms with Crippen LogP contribution in [0.3, 0.4) is 0 Å². The van der Waals surface area contributed by atoms with Gasteiger partial charge in [-0.2, -0.15) is 8.75 Å². The third kappa shape index (κ3) is 4.52. The molecule has 0 bridgehead atoms. The smallest absolute Gasteiger partial charge is 0.257 e. The lowest BCUT2D eigenvalue weighted by Gasteiger charge is -2.18. The summed E-state index contributed by atoms with van der Waals surface area (Å²) in [6.07, 6.45) is 0. The van der Waals surface area contributed by atoms with Crippen LogP contribution in [-0.2, 0) is 5.41 Å². The molecule has 1 amide bonds. The minimum Gasteiger partial charge on any atom is -0.436 e. The second kappa shape index (κ2) is 8.58. The van der Waals surface area contributed by atoms with Gasteiger partial charge in [0, 0.05) is 16.8 Å². The van der Waals surface area contributed by atoms with E-state index >= 15 is 0 Å². The van der Waals surface area contributed by atoms with Gasteiger partial charge in [-0.3, -0.25) is 10.1 Å². The lowest BCUT2D eigenvalue weighted by molar-refractivity contribution is 0.0978. The molecule has 0 saturated carbocycles. The Kier molecular flexibility index (Phi) is 5.59. The van der Waals surface area contributed by atoms with Crippen LogP contribution in [0.25, 0.3) is 33.6 Å². The van der Waals surface area contributed by atoms with E-state index in [1.165, 1.54) is 5.56 Å². The van der Waals surface area contributed by atoms with Crippen LogP contribution in [0.15, 0.2) is 65.1 Å². The summed E-state index contributed by atoms with van der Waals surface area (Å²) < 4.78 is 14.2. The maximum Gasteiger partial charge on any atom is 0.257 e. The monoisotopic (exact) mass is 487 g/mol. The van der Waals surface area contributed by atoms with Crippen LogP contribution in [0.2, 0.25) is 0 Å². The molecule has 9 heteroatoms. The second-order valence-electron chi connectivity index (χ2n) is 8.90. The number of fused-ring (bicyclic) bond motifs is 2. The number of benzene rings is 3. The fraction of sp³-hybridized carbons (Fsp3) is 0.160. The molecular weight excluding hydrogens is 466 g/mol. The van der Waals surface area contributed by atoms with E-state index in [-0.39, 0.29) is 16.4 Å². The molecule has 34 heavy (non-hydrogen) atoms. The maximum atomic E-state index is 12.6. The molecule has 3 aromatic carbocycles. The molecule has 0 aliphatic carbocycles. The minimum atomic E-state index is -0.323. The predicted octanol–water partition coefficient (Wildman–Crippen LogP) is 5.92. The van der Waals surface area contributed by atoms with E-state index in [2.05, 4.69) is 57.3 Å². The number of amides is 1.